The molecule has 5 nitrogen and oxygen atoms in total. The molecule has 0 unspecified atom stereocenters. The van der Waals surface area contributed by atoms with Gasteiger partial charge in [-0.3, -0.25) is 4.79 Å². The zero-order chi connectivity index (χ0) is 15.2. The Labute approximate surface area is 122 Å². The third-order valence-corrected chi connectivity index (χ3v) is 3.09. The second kappa shape index (κ2) is 6.56. The summed E-state index contributed by atoms with van der Waals surface area (Å²) in [5, 5.41) is 11.9. The van der Waals surface area contributed by atoms with Gasteiger partial charge in [-0.05, 0) is 36.4 Å². The minimum absolute atomic E-state index is 0.109. The van der Waals surface area contributed by atoms with Gasteiger partial charge in [0, 0.05) is 18.4 Å². The van der Waals surface area contributed by atoms with Gasteiger partial charge in [0.05, 0.1) is 12.1 Å². The monoisotopic (exact) mass is 284 g/mol. The third kappa shape index (κ3) is 3.82. The summed E-state index contributed by atoms with van der Waals surface area (Å²) in [5.41, 5.74) is 1.72. The summed E-state index contributed by atoms with van der Waals surface area (Å²) < 4.78 is 0. The summed E-state index contributed by atoms with van der Waals surface area (Å²) in [7, 11) is 1.66. The van der Waals surface area contributed by atoms with Crippen molar-refractivity contribution in [3.8, 4) is 0 Å². The van der Waals surface area contributed by atoms with Gasteiger partial charge in [-0.25, -0.2) is 4.79 Å². The maximum atomic E-state index is 12.1. The SMILES string of the molecule is CN(C(=O)CNc1ccccc1)c1ccc(C(=O)O)cc1. The smallest absolute Gasteiger partial charge is 0.335 e. The average molecular weight is 284 g/mol. The number of carbonyl (C=O) groups excluding carboxylic acids is 1. The first kappa shape index (κ1) is 14.6. The highest BCUT2D eigenvalue weighted by Gasteiger charge is 2.11. The lowest BCUT2D eigenvalue weighted by molar-refractivity contribution is -0.116. The minimum Gasteiger partial charge on any atom is -0.478 e. The number of nitrogens with zero attached hydrogens (tertiary/aromatic N) is 1. The molecule has 0 bridgehead atoms. The van der Waals surface area contributed by atoms with Crippen LogP contribution in [0.3, 0.4) is 0 Å². The van der Waals surface area contributed by atoms with Crippen LogP contribution in [0.1, 0.15) is 10.4 Å². The van der Waals surface area contributed by atoms with Crippen LogP contribution in [0, 0.1) is 0 Å². The minimum atomic E-state index is -0.985. The van der Waals surface area contributed by atoms with Crippen molar-refractivity contribution in [1.29, 1.82) is 0 Å². The Morgan fingerprint density at radius 2 is 1.67 bits per heavy atom. The number of anilines is 2. The molecule has 0 spiro atoms. The summed E-state index contributed by atoms with van der Waals surface area (Å²) in [6.45, 7) is 0.168. The molecule has 0 aliphatic heterocycles. The standard InChI is InChI=1S/C16H16N2O3/c1-18(14-9-7-12(8-10-14)16(20)21)15(19)11-17-13-5-3-2-4-6-13/h2-10,17H,11H2,1H3,(H,20,21). The fourth-order valence-corrected chi connectivity index (χ4v) is 1.82. The average Bonchev–Trinajstić information content (AvgIpc) is 2.53. The van der Waals surface area contributed by atoms with E-state index in [2.05, 4.69) is 5.32 Å². The molecule has 0 aliphatic carbocycles. The Morgan fingerprint density at radius 3 is 2.24 bits per heavy atom. The van der Waals surface area contributed by atoms with Crippen molar-refractivity contribution in [2.24, 2.45) is 0 Å². The number of para-hydroxylation sites is 1. The Bertz CT molecular complexity index is 624. The molecule has 0 aliphatic rings. The van der Waals surface area contributed by atoms with E-state index in [9.17, 15) is 9.59 Å². The van der Waals surface area contributed by atoms with Gasteiger partial charge < -0.3 is 15.3 Å². The van der Waals surface area contributed by atoms with Gasteiger partial charge in [0.1, 0.15) is 0 Å². The van der Waals surface area contributed by atoms with Crippen LogP contribution in [0.15, 0.2) is 54.6 Å². The summed E-state index contributed by atoms with van der Waals surface area (Å²) in [4.78, 5) is 24.4. The number of amides is 1. The molecule has 108 valence electrons. The molecule has 1 amide bonds. The molecule has 2 rings (SSSR count). The van der Waals surface area contributed by atoms with E-state index in [1.807, 2.05) is 30.3 Å². The van der Waals surface area contributed by atoms with Crippen LogP contribution < -0.4 is 10.2 Å². The van der Waals surface area contributed by atoms with E-state index in [4.69, 9.17) is 5.11 Å². The van der Waals surface area contributed by atoms with Crippen molar-refractivity contribution in [1.82, 2.24) is 0 Å². The van der Waals surface area contributed by atoms with Gasteiger partial charge in [-0.1, -0.05) is 18.2 Å². The van der Waals surface area contributed by atoms with Gasteiger partial charge in [-0.2, -0.15) is 0 Å². The number of rotatable bonds is 5. The number of carbonyl (C=O) groups is 2. The second-order valence-corrected chi connectivity index (χ2v) is 4.52. The predicted octanol–water partition coefficient (Wildman–Crippen LogP) is 2.46. The first-order valence-corrected chi connectivity index (χ1v) is 6.47. The fourth-order valence-electron chi connectivity index (χ4n) is 1.82. The summed E-state index contributed by atoms with van der Waals surface area (Å²) in [5.74, 6) is -1.09. The maximum Gasteiger partial charge on any atom is 0.335 e. The molecule has 2 N–H and O–H groups in total. The van der Waals surface area contributed by atoms with Gasteiger partial charge in [0.2, 0.25) is 5.91 Å². The maximum absolute atomic E-state index is 12.1. The first-order chi connectivity index (χ1) is 10.1. The number of carboxylic acid groups (broad SMARTS) is 1. The van der Waals surface area contributed by atoms with Crippen molar-refractivity contribution >= 4 is 23.3 Å². The summed E-state index contributed by atoms with van der Waals surface area (Å²) >= 11 is 0. The van der Waals surface area contributed by atoms with Crippen LogP contribution in [-0.4, -0.2) is 30.6 Å². The molecule has 2 aromatic carbocycles. The van der Waals surface area contributed by atoms with Crippen molar-refractivity contribution in [3.63, 3.8) is 0 Å². The van der Waals surface area contributed by atoms with Crippen molar-refractivity contribution in [2.45, 2.75) is 0 Å². The first-order valence-electron chi connectivity index (χ1n) is 6.47. The van der Waals surface area contributed by atoms with Crippen molar-refractivity contribution < 1.29 is 14.7 Å². The highest BCUT2D eigenvalue weighted by Crippen LogP contribution is 2.14. The highest BCUT2D eigenvalue weighted by molar-refractivity contribution is 5.96. The van der Waals surface area contributed by atoms with Gasteiger partial charge in [-0.15, -0.1) is 0 Å². The number of benzene rings is 2. The molecule has 0 atom stereocenters. The number of nitrogens with one attached hydrogen (secondary N) is 1. The van der Waals surface area contributed by atoms with Gasteiger partial charge in [0.15, 0.2) is 0 Å². The molecule has 0 heterocycles. The number of likely N-dealkylation sites (N-methyl/N-ethyl adjacent to an activating group) is 1. The number of aromatic carboxylic acids is 1. The molecule has 0 saturated carbocycles. The summed E-state index contributed by atoms with van der Waals surface area (Å²) in [6, 6.07) is 15.6. The van der Waals surface area contributed by atoms with E-state index in [1.165, 1.54) is 17.0 Å². The topological polar surface area (TPSA) is 69.6 Å². The molecule has 0 radical (unpaired) electrons. The number of hydrogen-bond donors (Lipinski definition) is 2. The number of carboxylic acids is 1. The molecule has 0 saturated heterocycles. The van der Waals surface area contributed by atoms with E-state index in [0.717, 1.165) is 5.69 Å². The summed E-state index contributed by atoms with van der Waals surface area (Å²) in [6.07, 6.45) is 0. The van der Waals surface area contributed by atoms with E-state index in [0.29, 0.717) is 5.69 Å². The van der Waals surface area contributed by atoms with E-state index in [1.54, 1.807) is 19.2 Å². The Hall–Kier alpha value is -2.82. The fraction of sp³-hybridized carbons (Fsp3) is 0.125. The van der Waals surface area contributed by atoms with Crippen LogP contribution in [0.4, 0.5) is 11.4 Å². The molecule has 21 heavy (non-hydrogen) atoms. The molecule has 0 aromatic heterocycles. The quantitative estimate of drug-likeness (QED) is 0.885. The molecule has 5 heteroatoms. The van der Waals surface area contributed by atoms with Gasteiger partial charge in [0.25, 0.3) is 0 Å². The lowest BCUT2D eigenvalue weighted by Crippen LogP contribution is -2.32. The molecular weight excluding hydrogens is 268 g/mol. The van der Waals surface area contributed by atoms with E-state index < -0.39 is 5.97 Å². The van der Waals surface area contributed by atoms with E-state index >= 15 is 0 Å². The largest absolute Gasteiger partial charge is 0.478 e. The zero-order valence-corrected chi connectivity index (χ0v) is 11.6. The third-order valence-electron chi connectivity index (χ3n) is 3.09. The van der Waals surface area contributed by atoms with Crippen LogP contribution >= 0.6 is 0 Å². The second-order valence-electron chi connectivity index (χ2n) is 4.52. The van der Waals surface area contributed by atoms with Crippen LogP contribution in [-0.2, 0) is 4.79 Å². The number of hydrogen-bond acceptors (Lipinski definition) is 3. The highest BCUT2D eigenvalue weighted by atomic mass is 16.4. The van der Waals surface area contributed by atoms with E-state index in [-0.39, 0.29) is 18.0 Å². The lowest BCUT2D eigenvalue weighted by Gasteiger charge is -2.18. The zero-order valence-electron chi connectivity index (χ0n) is 11.6. The molecular formula is C16H16N2O3. The van der Waals surface area contributed by atoms with Gasteiger partial charge >= 0.3 is 5.97 Å². The van der Waals surface area contributed by atoms with Crippen molar-refractivity contribution in [2.75, 3.05) is 23.8 Å². The van der Waals surface area contributed by atoms with Crippen molar-refractivity contribution in [3.05, 3.63) is 60.2 Å². The Kier molecular flexibility index (Phi) is 4.56. The van der Waals surface area contributed by atoms with Crippen LogP contribution in [0.2, 0.25) is 0 Å². The normalized spacial score (nSPS) is 9.95. The van der Waals surface area contributed by atoms with Crippen LogP contribution in [0.5, 0.6) is 0 Å². The Morgan fingerprint density at radius 1 is 1.05 bits per heavy atom. The molecule has 0 fully saturated rings. The Balaban J connectivity index is 1.97. The lowest BCUT2D eigenvalue weighted by atomic mass is 10.2. The molecule has 2 aromatic rings. The predicted molar refractivity (Wildman–Crippen MR) is 81.7 cm³/mol. The van der Waals surface area contributed by atoms with Crippen LogP contribution in [0.25, 0.3) is 0 Å².